The van der Waals surface area contributed by atoms with Gasteiger partial charge in [-0.2, -0.15) is 0 Å². The van der Waals surface area contributed by atoms with Gasteiger partial charge in [0, 0.05) is 23.2 Å². The Labute approximate surface area is 159 Å². The number of aliphatic hydroxyl groups is 1. The molecule has 5 atom stereocenters. The number of hydrogen-bond donors (Lipinski definition) is 1. The van der Waals surface area contributed by atoms with Crippen molar-refractivity contribution >= 4 is 12.0 Å². The summed E-state index contributed by atoms with van der Waals surface area (Å²) in [5, 5.41) is 10.9. The first-order valence-electron chi connectivity index (χ1n) is 9.63. The van der Waals surface area contributed by atoms with Crippen LogP contribution in [0.15, 0.2) is 47.4 Å². The number of carbonyl (C=O) groups excluding carboxylic acids is 1. The van der Waals surface area contributed by atoms with Crippen LogP contribution < -0.4 is 0 Å². The summed E-state index contributed by atoms with van der Waals surface area (Å²) in [5.74, 6) is -0.153. The monoisotopic (exact) mass is 367 g/mol. The zero-order valence-electron chi connectivity index (χ0n) is 15.7. The lowest BCUT2D eigenvalue weighted by atomic mass is 9.62. The molecule has 0 aromatic carbocycles. The predicted molar refractivity (Wildman–Crippen MR) is 101 cm³/mol. The van der Waals surface area contributed by atoms with Gasteiger partial charge < -0.3 is 14.3 Å². The van der Waals surface area contributed by atoms with Crippen LogP contribution in [0.1, 0.15) is 38.8 Å². The number of hydrogen-bond acceptors (Lipinski definition) is 5. The minimum atomic E-state index is -1.35. The standard InChI is InChI=1S/C22H25NO4/c1-3-15-8-10-22(25)20(14(2)27-21(22)24)19(15)7-6-18-5-4-16(12-23-18)17-9-11-26-13-17/h4-7,9,11-15,19-20,25H,3,8,10H2,1-2H3/b7-6+. The third-order valence-corrected chi connectivity index (χ3v) is 6.21. The molecule has 2 aromatic heterocycles. The maximum absolute atomic E-state index is 12.2. The Kier molecular flexibility index (Phi) is 4.64. The van der Waals surface area contributed by atoms with Gasteiger partial charge in [-0.1, -0.05) is 25.5 Å². The number of nitrogens with zero attached hydrogens (tertiary/aromatic N) is 1. The molecule has 3 heterocycles. The van der Waals surface area contributed by atoms with Crippen molar-refractivity contribution in [2.45, 2.75) is 44.8 Å². The maximum Gasteiger partial charge on any atom is 0.338 e. The van der Waals surface area contributed by atoms with Gasteiger partial charge in [-0.15, -0.1) is 0 Å². The lowest BCUT2D eigenvalue weighted by molar-refractivity contribution is -0.158. The largest absolute Gasteiger partial charge is 0.472 e. The van der Waals surface area contributed by atoms with Gasteiger partial charge in [-0.05, 0) is 49.8 Å². The van der Waals surface area contributed by atoms with Crippen molar-refractivity contribution in [2.24, 2.45) is 17.8 Å². The molecule has 1 aliphatic heterocycles. The van der Waals surface area contributed by atoms with Gasteiger partial charge in [0.1, 0.15) is 6.10 Å². The van der Waals surface area contributed by atoms with Crippen LogP contribution in [0, 0.1) is 17.8 Å². The molecule has 5 unspecified atom stereocenters. The Bertz CT molecular complexity index is 827. The van der Waals surface area contributed by atoms with E-state index in [1.165, 1.54) is 0 Å². The topological polar surface area (TPSA) is 72.6 Å². The number of ether oxygens (including phenoxy) is 1. The third-order valence-electron chi connectivity index (χ3n) is 6.21. The highest BCUT2D eigenvalue weighted by Crippen LogP contribution is 2.50. The SMILES string of the molecule is CCC1CCC2(O)C(=O)OC(C)C2C1/C=C/c1ccc(-c2ccoc2)cn1. The van der Waals surface area contributed by atoms with Gasteiger partial charge in [0.25, 0.3) is 0 Å². The Balaban J connectivity index is 1.58. The highest BCUT2D eigenvalue weighted by atomic mass is 16.6. The highest BCUT2D eigenvalue weighted by Gasteiger charge is 2.60. The molecule has 142 valence electrons. The molecule has 1 aliphatic carbocycles. The van der Waals surface area contributed by atoms with Gasteiger partial charge >= 0.3 is 5.97 Å². The van der Waals surface area contributed by atoms with Gasteiger partial charge in [0.05, 0.1) is 18.2 Å². The summed E-state index contributed by atoms with van der Waals surface area (Å²) in [6.45, 7) is 4.05. The van der Waals surface area contributed by atoms with E-state index in [2.05, 4.69) is 18.0 Å². The van der Waals surface area contributed by atoms with E-state index >= 15 is 0 Å². The second-order valence-corrected chi connectivity index (χ2v) is 7.69. The Hall–Kier alpha value is -2.40. The first-order chi connectivity index (χ1) is 13.0. The smallest absolute Gasteiger partial charge is 0.338 e. The summed E-state index contributed by atoms with van der Waals surface area (Å²) < 4.78 is 10.5. The third kappa shape index (κ3) is 3.10. The van der Waals surface area contributed by atoms with E-state index in [9.17, 15) is 9.90 Å². The van der Waals surface area contributed by atoms with Crippen molar-refractivity contribution in [3.63, 3.8) is 0 Å². The van der Waals surface area contributed by atoms with E-state index in [1.807, 2.05) is 37.4 Å². The van der Waals surface area contributed by atoms with Crippen LogP contribution in [-0.4, -0.2) is 27.8 Å². The molecule has 27 heavy (non-hydrogen) atoms. The zero-order chi connectivity index (χ0) is 19.0. The molecule has 1 saturated heterocycles. The zero-order valence-corrected chi connectivity index (χ0v) is 15.7. The van der Waals surface area contributed by atoms with Crippen LogP contribution in [0.5, 0.6) is 0 Å². The summed E-state index contributed by atoms with van der Waals surface area (Å²) >= 11 is 0. The van der Waals surface area contributed by atoms with Gasteiger partial charge in [-0.25, -0.2) is 4.79 Å². The van der Waals surface area contributed by atoms with Crippen LogP contribution in [0.25, 0.3) is 17.2 Å². The van der Waals surface area contributed by atoms with E-state index in [1.54, 1.807) is 12.5 Å². The van der Waals surface area contributed by atoms with Crippen molar-refractivity contribution in [3.8, 4) is 11.1 Å². The lowest BCUT2D eigenvalue weighted by Gasteiger charge is -2.41. The average molecular weight is 367 g/mol. The first-order valence-corrected chi connectivity index (χ1v) is 9.63. The molecule has 1 N–H and O–H groups in total. The number of fused-ring (bicyclic) bond motifs is 1. The lowest BCUT2D eigenvalue weighted by Crippen LogP contribution is -2.50. The number of furan rings is 1. The molecule has 0 radical (unpaired) electrons. The number of aromatic nitrogens is 1. The molecule has 2 aromatic rings. The normalized spacial score (nSPS) is 33.2. The van der Waals surface area contributed by atoms with Crippen molar-refractivity contribution in [3.05, 3.63) is 48.7 Å². The van der Waals surface area contributed by atoms with Gasteiger partial charge in [0.15, 0.2) is 5.60 Å². The van der Waals surface area contributed by atoms with Gasteiger partial charge in [0.2, 0.25) is 0 Å². The minimum absolute atomic E-state index is 0.0885. The summed E-state index contributed by atoms with van der Waals surface area (Å²) in [4.78, 5) is 16.7. The van der Waals surface area contributed by atoms with Crippen molar-refractivity contribution in [1.29, 1.82) is 0 Å². The molecular weight excluding hydrogens is 342 g/mol. The number of cyclic esters (lactones) is 1. The molecule has 0 spiro atoms. The van der Waals surface area contributed by atoms with E-state index in [0.717, 1.165) is 29.7 Å². The van der Waals surface area contributed by atoms with E-state index < -0.39 is 11.6 Å². The minimum Gasteiger partial charge on any atom is -0.472 e. The number of esters is 1. The molecule has 2 fully saturated rings. The van der Waals surface area contributed by atoms with Crippen LogP contribution in [0.2, 0.25) is 0 Å². The molecule has 5 nitrogen and oxygen atoms in total. The fourth-order valence-corrected chi connectivity index (χ4v) is 4.73. The first kappa shape index (κ1) is 18.0. The van der Waals surface area contributed by atoms with Crippen LogP contribution in [0.3, 0.4) is 0 Å². The Morgan fingerprint density at radius 1 is 1.33 bits per heavy atom. The Morgan fingerprint density at radius 2 is 2.19 bits per heavy atom. The number of pyridine rings is 1. The summed E-state index contributed by atoms with van der Waals surface area (Å²) in [5.41, 5.74) is 1.50. The van der Waals surface area contributed by atoms with Crippen LogP contribution in [-0.2, 0) is 9.53 Å². The number of rotatable bonds is 4. The van der Waals surface area contributed by atoms with Crippen LogP contribution >= 0.6 is 0 Å². The molecule has 5 heteroatoms. The molecule has 4 rings (SSSR count). The molecule has 1 saturated carbocycles. The number of carbonyl (C=O) groups is 1. The van der Waals surface area contributed by atoms with E-state index in [4.69, 9.17) is 9.15 Å². The van der Waals surface area contributed by atoms with Crippen molar-refractivity contribution < 1.29 is 19.1 Å². The molecule has 2 aliphatic rings. The summed E-state index contributed by atoms with van der Waals surface area (Å²) in [7, 11) is 0. The molecular formula is C22H25NO4. The van der Waals surface area contributed by atoms with Crippen molar-refractivity contribution in [2.75, 3.05) is 0 Å². The van der Waals surface area contributed by atoms with E-state index in [0.29, 0.717) is 12.3 Å². The summed E-state index contributed by atoms with van der Waals surface area (Å²) in [6.07, 6.45) is 11.3. The van der Waals surface area contributed by atoms with Crippen molar-refractivity contribution in [1.82, 2.24) is 4.98 Å². The second-order valence-electron chi connectivity index (χ2n) is 7.69. The fraction of sp³-hybridized carbons (Fsp3) is 0.455. The maximum atomic E-state index is 12.2. The quantitative estimate of drug-likeness (QED) is 0.824. The summed E-state index contributed by atoms with van der Waals surface area (Å²) in [6, 6.07) is 5.88. The van der Waals surface area contributed by atoms with E-state index in [-0.39, 0.29) is 17.9 Å². The van der Waals surface area contributed by atoms with Gasteiger partial charge in [-0.3, -0.25) is 4.98 Å². The van der Waals surface area contributed by atoms with Crippen LogP contribution in [0.4, 0.5) is 0 Å². The fourth-order valence-electron chi connectivity index (χ4n) is 4.73. The molecule has 0 bridgehead atoms. The predicted octanol–water partition coefficient (Wildman–Crippen LogP) is 4.08. The molecule has 0 amide bonds. The average Bonchev–Trinajstić information content (AvgIpc) is 3.28. The Morgan fingerprint density at radius 3 is 2.85 bits per heavy atom. The number of allylic oxidation sites excluding steroid dienone is 1. The highest BCUT2D eigenvalue weighted by molar-refractivity contribution is 5.82. The second kappa shape index (κ2) is 6.97.